The van der Waals surface area contributed by atoms with Crippen LogP contribution in [0.1, 0.15) is 23.0 Å². The number of carbonyl (C=O) groups excluding carboxylic acids is 1. The number of halogens is 1. The second-order valence-electron chi connectivity index (χ2n) is 6.21. The fourth-order valence-corrected chi connectivity index (χ4v) is 3.47. The first-order valence-electron chi connectivity index (χ1n) is 8.88. The first-order chi connectivity index (χ1) is 13.6. The van der Waals surface area contributed by atoms with Gasteiger partial charge in [0.1, 0.15) is 0 Å². The molecule has 144 valence electrons. The number of anilines is 3. The third-order valence-electron chi connectivity index (χ3n) is 4.41. The Balaban J connectivity index is 1.88. The average molecular weight is 399 g/mol. The van der Waals surface area contributed by atoms with Crippen LogP contribution >= 0.6 is 11.6 Å². The van der Waals surface area contributed by atoms with E-state index in [1.165, 1.54) is 0 Å². The molecule has 1 aliphatic heterocycles. The highest BCUT2D eigenvalue weighted by Gasteiger charge is 2.28. The highest BCUT2D eigenvalue weighted by Crippen LogP contribution is 2.40. The van der Waals surface area contributed by atoms with E-state index in [1.807, 2.05) is 19.1 Å². The molecule has 0 saturated carbocycles. The lowest BCUT2D eigenvalue weighted by atomic mass is 10.1. The zero-order chi connectivity index (χ0) is 19.7. The predicted molar refractivity (Wildman–Crippen MR) is 108 cm³/mol. The van der Waals surface area contributed by atoms with Crippen molar-refractivity contribution in [3.05, 3.63) is 46.7 Å². The molecule has 0 saturated heterocycles. The first-order valence-corrected chi connectivity index (χ1v) is 9.26. The number of nitrogens with zero attached hydrogens (tertiary/aromatic N) is 2. The van der Waals surface area contributed by atoms with Gasteiger partial charge in [0.05, 0.1) is 40.0 Å². The predicted octanol–water partition coefficient (Wildman–Crippen LogP) is 3.14. The number of carbonyl (C=O) groups is 1. The van der Waals surface area contributed by atoms with Crippen LogP contribution in [-0.2, 0) is 6.42 Å². The van der Waals surface area contributed by atoms with Crippen LogP contribution in [0, 0.1) is 0 Å². The lowest BCUT2D eigenvalue weighted by molar-refractivity contribution is 0.0947. The molecule has 8 nitrogen and oxygen atoms in total. The minimum Gasteiger partial charge on any atom is -0.490 e. The van der Waals surface area contributed by atoms with Gasteiger partial charge in [-0.3, -0.25) is 4.79 Å². The van der Waals surface area contributed by atoms with Crippen molar-refractivity contribution in [1.82, 2.24) is 20.3 Å². The lowest BCUT2D eigenvalue weighted by Gasteiger charge is -2.17. The number of hydrogen-bond acceptors (Lipinski definition) is 6. The molecule has 0 bridgehead atoms. The highest BCUT2D eigenvalue weighted by molar-refractivity contribution is 6.32. The molecule has 4 rings (SSSR count). The van der Waals surface area contributed by atoms with E-state index in [1.54, 1.807) is 18.3 Å². The van der Waals surface area contributed by atoms with Crippen molar-refractivity contribution in [2.24, 2.45) is 0 Å². The molecule has 0 atom stereocenters. The van der Waals surface area contributed by atoms with Crippen LogP contribution < -0.4 is 21.1 Å². The van der Waals surface area contributed by atoms with E-state index in [0.717, 1.165) is 5.69 Å². The van der Waals surface area contributed by atoms with Crippen molar-refractivity contribution in [3.63, 3.8) is 0 Å². The van der Waals surface area contributed by atoms with E-state index in [4.69, 9.17) is 22.1 Å². The lowest BCUT2D eigenvalue weighted by Crippen LogP contribution is -2.31. The second kappa shape index (κ2) is 7.40. The maximum Gasteiger partial charge on any atom is 0.255 e. The smallest absolute Gasteiger partial charge is 0.255 e. The normalized spacial score (nSPS) is 13.0. The summed E-state index contributed by atoms with van der Waals surface area (Å²) in [6, 6.07) is 7.14. The summed E-state index contributed by atoms with van der Waals surface area (Å²) in [6.07, 6.45) is 2.26. The molecule has 0 unspecified atom stereocenters. The molecule has 1 aliphatic rings. The van der Waals surface area contributed by atoms with Gasteiger partial charge in [-0.2, -0.15) is 0 Å². The summed E-state index contributed by atoms with van der Waals surface area (Å²) < 4.78 is 5.70. The summed E-state index contributed by atoms with van der Waals surface area (Å²) in [4.78, 5) is 24.2. The van der Waals surface area contributed by atoms with Gasteiger partial charge in [-0.25, -0.2) is 9.97 Å². The summed E-state index contributed by atoms with van der Waals surface area (Å²) in [5.74, 6) is 0.512. The Bertz CT molecular complexity index is 1050. The SMILES string of the molecule is CCOc1c(Cl)cccc1Nc1c(-c2ccnc(N)n2)[nH]c2c1C(=O)NCC2. The Labute approximate surface area is 166 Å². The summed E-state index contributed by atoms with van der Waals surface area (Å²) >= 11 is 6.31. The van der Waals surface area contributed by atoms with Crippen LogP contribution in [0.3, 0.4) is 0 Å². The van der Waals surface area contributed by atoms with Crippen LogP contribution in [0.4, 0.5) is 17.3 Å². The number of para-hydroxylation sites is 1. The molecule has 1 aromatic carbocycles. The summed E-state index contributed by atoms with van der Waals surface area (Å²) in [6.45, 7) is 2.91. The van der Waals surface area contributed by atoms with Gasteiger partial charge >= 0.3 is 0 Å². The molecule has 0 radical (unpaired) electrons. The van der Waals surface area contributed by atoms with E-state index >= 15 is 0 Å². The van der Waals surface area contributed by atoms with Crippen LogP contribution in [-0.4, -0.2) is 34.0 Å². The Morgan fingerprint density at radius 2 is 2.21 bits per heavy atom. The number of rotatable bonds is 5. The van der Waals surface area contributed by atoms with Crippen molar-refractivity contribution >= 4 is 34.8 Å². The monoisotopic (exact) mass is 398 g/mol. The van der Waals surface area contributed by atoms with E-state index in [9.17, 15) is 4.79 Å². The molecular formula is C19H19ClN6O2. The highest BCUT2D eigenvalue weighted by atomic mass is 35.5. The second-order valence-corrected chi connectivity index (χ2v) is 6.62. The van der Waals surface area contributed by atoms with Crippen molar-refractivity contribution in [2.75, 3.05) is 24.2 Å². The molecule has 5 N–H and O–H groups in total. The maximum atomic E-state index is 12.6. The van der Waals surface area contributed by atoms with Crippen LogP contribution in [0.5, 0.6) is 5.75 Å². The van der Waals surface area contributed by atoms with Crippen molar-refractivity contribution < 1.29 is 9.53 Å². The van der Waals surface area contributed by atoms with E-state index in [0.29, 0.717) is 58.7 Å². The van der Waals surface area contributed by atoms with E-state index in [2.05, 4.69) is 25.6 Å². The number of amides is 1. The van der Waals surface area contributed by atoms with Crippen LogP contribution in [0.25, 0.3) is 11.4 Å². The third kappa shape index (κ3) is 3.22. The molecule has 28 heavy (non-hydrogen) atoms. The number of aromatic amines is 1. The van der Waals surface area contributed by atoms with Gasteiger partial charge in [0.2, 0.25) is 5.95 Å². The van der Waals surface area contributed by atoms with E-state index in [-0.39, 0.29) is 11.9 Å². The number of hydrogen-bond donors (Lipinski definition) is 4. The topological polar surface area (TPSA) is 118 Å². The minimum absolute atomic E-state index is 0.151. The fourth-order valence-electron chi connectivity index (χ4n) is 3.24. The van der Waals surface area contributed by atoms with Gasteiger partial charge < -0.3 is 26.1 Å². The molecule has 2 aromatic heterocycles. The Hall–Kier alpha value is -3.26. The van der Waals surface area contributed by atoms with Gasteiger partial charge in [-0.1, -0.05) is 17.7 Å². The van der Waals surface area contributed by atoms with Crippen LogP contribution in [0.2, 0.25) is 5.02 Å². The molecule has 1 amide bonds. The van der Waals surface area contributed by atoms with Crippen molar-refractivity contribution in [2.45, 2.75) is 13.3 Å². The number of nitrogens with one attached hydrogen (secondary N) is 3. The zero-order valence-corrected chi connectivity index (χ0v) is 15.9. The molecule has 0 spiro atoms. The van der Waals surface area contributed by atoms with Gasteiger partial charge in [0, 0.05) is 24.9 Å². The Kier molecular flexibility index (Phi) is 4.79. The number of aromatic nitrogens is 3. The number of fused-ring (bicyclic) bond motifs is 1. The molecule has 0 fully saturated rings. The van der Waals surface area contributed by atoms with Crippen molar-refractivity contribution in [1.29, 1.82) is 0 Å². The quantitative estimate of drug-likeness (QED) is 0.524. The molecule has 3 aromatic rings. The number of H-pyrrole nitrogens is 1. The fraction of sp³-hybridized carbons (Fsp3) is 0.211. The van der Waals surface area contributed by atoms with Crippen molar-refractivity contribution in [3.8, 4) is 17.1 Å². The van der Waals surface area contributed by atoms with Gasteiger partial charge in [-0.15, -0.1) is 0 Å². The average Bonchev–Trinajstić information content (AvgIpc) is 3.04. The first kappa shape index (κ1) is 18.1. The summed E-state index contributed by atoms with van der Waals surface area (Å²) in [7, 11) is 0. The van der Waals surface area contributed by atoms with Gasteiger partial charge in [0.15, 0.2) is 5.75 Å². The molecule has 9 heteroatoms. The number of ether oxygens (including phenoxy) is 1. The molecule has 0 aliphatic carbocycles. The van der Waals surface area contributed by atoms with Crippen LogP contribution in [0.15, 0.2) is 30.5 Å². The minimum atomic E-state index is -0.159. The maximum absolute atomic E-state index is 12.6. The molecular weight excluding hydrogens is 380 g/mol. The Morgan fingerprint density at radius 3 is 3.00 bits per heavy atom. The summed E-state index contributed by atoms with van der Waals surface area (Å²) in [5.41, 5.74) is 9.61. The number of nitrogen functional groups attached to an aromatic ring is 1. The zero-order valence-electron chi connectivity index (χ0n) is 15.2. The largest absolute Gasteiger partial charge is 0.490 e. The standard InChI is InChI=1S/C19H19ClN6O2/c1-2-28-17-10(20)4-3-5-13(17)25-16-14-11(6-8-22-18(14)27)24-15(16)12-7-9-23-19(21)26-12/h3-5,7,9,24-25H,2,6,8H2,1H3,(H,22,27)(H2,21,23,26). The summed E-state index contributed by atoms with van der Waals surface area (Å²) in [5, 5.41) is 6.68. The Morgan fingerprint density at radius 1 is 1.36 bits per heavy atom. The van der Waals surface area contributed by atoms with Gasteiger partial charge in [-0.05, 0) is 25.1 Å². The number of benzene rings is 1. The molecule has 3 heterocycles. The number of nitrogens with two attached hydrogens (primary N) is 1. The third-order valence-corrected chi connectivity index (χ3v) is 4.71. The van der Waals surface area contributed by atoms with Gasteiger partial charge in [0.25, 0.3) is 5.91 Å². The van der Waals surface area contributed by atoms with E-state index < -0.39 is 0 Å².